The van der Waals surface area contributed by atoms with Gasteiger partial charge in [-0.15, -0.1) is 0 Å². The van der Waals surface area contributed by atoms with Gasteiger partial charge >= 0.3 is 0 Å². The van der Waals surface area contributed by atoms with Crippen LogP contribution in [0.15, 0.2) is 11.6 Å². The molecular weight excluding hydrogens is 384 g/mol. The minimum Gasteiger partial charge on any atom is -0.416 e. The first kappa shape index (κ1) is 26.1. The maximum absolute atomic E-state index is 9.45. The molecule has 0 spiro atoms. The highest BCUT2D eigenvalue weighted by Gasteiger charge is 2.50. The maximum Gasteiger partial charge on any atom is 0.200 e. The molecular formula is C27H52O2Si. The lowest BCUT2D eigenvalue weighted by atomic mass is 9.51. The van der Waals surface area contributed by atoms with E-state index in [-0.39, 0.29) is 0 Å². The first-order valence-electron chi connectivity index (χ1n) is 12.9. The lowest BCUT2D eigenvalue weighted by Crippen LogP contribution is -2.49. The third-order valence-corrected chi connectivity index (χ3v) is 15.6. The summed E-state index contributed by atoms with van der Waals surface area (Å²) in [5.41, 5.74) is 4.31. The highest BCUT2D eigenvalue weighted by Crippen LogP contribution is 2.59. The summed E-state index contributed by atoms with van der Waals surface area (Å²) in [5, 5.41) is 9.45. The molecule has 3 heteroatoms. The normalized spacial score (nSPS) is 32.6. The third-order valence-electron chi connectivity index (χ3n) is 9.49. The zero-order chi connectivity index (χ0) is 22.7. The second kappa shape index (κ2) is 10.2. The van der Waals surface area contributed by atoms with E-state index in [1.54, 1.807) is 5.57 Å². The molecule has 176 valence electrons. The molecule has 0 aromatic carbocycles. The van der Waals surface area contributed by atoms with Crippen LogP contribution in [0.4, 0.5) is 0 Å². The Morgan fingerprint density at radius 2 is 1.67 bits per heavy atom. The summed E-state index contributed by atoms with van der Waals surface area (Å²) in [6.07, 6.45) is 11.0. The summed E-state index contributed by atoms with van der Waals surface area (Å²) in [6.45, 7) is 23.1. The Balaban J connectivity index is 2.21. The van der Waals surface area contributed by atoms with Crippen LogP contribution >= 0.6 is 0 Å². The van der Waals surface area contributed by atoms with Crippen molar-refractivity contribution < 1.29 is 9.53 Å². The summed E-state index contributed by atoms with van der Waals surface area (Å²) >= 11 is 0. The Kier molecular flexibility index (Phi) is 8.90. The Hall–Kier alpha value is -0.123. The minimum absolute atomic E-state index is 0.292. The zero-order valence-corrected chi connectivity index (χ0v) is 22.7. The van der Waals surface area contributed by atoms with Gasteiger partial charge in [-0.25, -0.2) is 0 Å². The number of hydrogen-bond donors (Lipinski definition) is 1. The predicted molar refractivity (Wildman–Crippen MR) is 133 cm³/mol. The van der Waals surface area contributed by atoms with Gasteiger partial charge in [0.1, 0.15) is 0 Å². The number of rotatable bonds is 10. The van der Waals surface area contributed by atoms with Crippen molar-refractivity contribution >= 4 is 8.32 Å². The predicted octanol–water partition coefficient (Wildman–Crippen LogP) is 8.12. The molecule has 2 nitrogen and oxygen atoms in total. The molecule has 2 aliphatic rings. The Bertz CT molecular complexity index is 560. The average molecular weight is 437 g/mol. The summed E-state index contributed by atoms with van der Waals surface area (Å²) in [7, 11) is -1.80. The standard InChI is InChI=1S/C27H52O2Si/c1-20(2)30(21(3)4,22(5)6)29-19-17-27(9)23(7)13-14-24-25(27)12-10-15-26(24,8)16-11-18-28/h14,20-23,25,28H,10-13,15-19H2,1-9H3/t23-,25-,26+,27-/m0/s1. The molecule has 0 radical (unpaired) electrons. The third kappa shape index (κ3) is 4.78. The average Bonchev–Trinajstić information content (AvgIpc) is 2.66. The van der Waals surface area contributed by atoms with Crippen LogP contribution in [0.1, 0.15) is 107 Å². The SMILES string of the molecule is CC(C)[Si](OCC[C@@]1(C)[C@@H](C)CC=C2[C@@H]1CCC[C@]2(C)CCCO)(C(C)C)C(C)C. The molecule has 0 bridgehead atoms. The van der Waals surface area contributed by atoms with Crippen LogP contribution < -0.4 is 0 Å². The topological polar surface area (TPSA) is 29.5 Å². The number of hydrogen-bond acceptors (Lipinski definition) is 2. The molecule has 0 aliphatic heterocycles. The molecule has 2 aliphatic carbocycles. The molecule has 1 saturated carbocycles. The fourth-order valence-corrected chi connectivity index (χ4v) is 13.0. The molecule has 2 rings (SSSR count). The Labute approximate surface area is 189 Å². The fraction of sp³-hybridized carbons (Fsp3) is 0.926. The van der Waals surface area contributed by atoms with Crippen LogP contribution in [0.25, 0.3) is 0 Å². The lowest BCUT2D eigenvalue weighted by Gasteiger charge is -2.54. The maximum atomic E-state index is 9.45. The van der Waals surface area contributed by atoms with Gasteiger partial charge < -0.3 is 9.53 Å². The largest absolute Gasteiger partial charge is 0.416 e. The van der Waals surface area contributed by atoms with Gasteiger partial charge in [-0.05, 0) is 77.8 Å². The minimum atomic E-state index is -1.80. The highest BCUT2D eigenvalue weighted by molar-refractivity contribution is 6.77. The van der Waals surface area contributed by atoms with E-state index in [1.165, 1.54) is 32.1 Å². The highest BCUT2D eigenvalue weighted by atomic mass is 28.4. The van der Waals surface area contributed by atoms with Crippen LogP contribution in [0.2, 0.25) is 16.6 Å². The van der Waals surface area contributed by atoms with Crippen molar-refractivity contribution in [2.45, 2.75) is 124 Å². The van der Waals surface area contributed by atoms with E-state index in [9.17, 15) is 5.11 Å². The number of allylic oxidation sites excluding steroid dienone is 2. The van der Waals surface area contributed by atoms with Crippen molar-refractivity contribution in [1.82, 2.24) is 0 Å². The van der Waals surface area contributed by atoms with Crippen molar-refractivity contribution in [3.8, 4) is 0 Å². The van der Waals surface area contributed by atoms with Crippen LogP contribution in [0, 0.1) is 22.7 Å². The molecule has 1 fully saturated rings. The van der Waals surface area contributed by atoms with Crippen LogP contribution in [0.3, 0.4) is 0 Å². The van der Waals surface area contributed by atoms with Crippen molar-refractivity contribution in [2.24, 2.45) is 22.7 Å². The second-order valence-electron chi connectivity index (χ2n) is 12.1. The van der Waals surface area contributed by atoms with Gasteiger partial charge in [0, 0.05) is 13.2 Å². The lowest BCUT2D eigenvalue weighted by molar-refractivity contribution is 0.0352. The van der Waals surface area contributed by atoms with Crippen LogP contribution in [0.5, 0.6) is 0 Å². The Morgan fingerprint density at radius 3 is 2.20 bits per heavy atom. The first-order chi connectivity index (χ1) is 14.0. The van der Waals surface area contributed by atoms with Crippen molar-refractivity contribution in [3.63, 3.8) is 0 Å². The van der Waals surface area contributed by atoms with Gasteiger partial charge in [0.05, 0.1) is 0 Å². The fourth-order valence-electron chi connectivity index (χ4n) is 7.51. The monoisotopic (exact) mass is 436 g/mol. The zero-order valence-electron chi connectivity index (χ0n) is 21.7. The van der Waals surface area contributed by atoms with Crippen molar-refractivity contribution in [1.29, 1.82) is 0 Å². The van der Waals surface area contributed by atoms with Gasteiger partial charge in [0.15, 0.2) is 8.32 Å². The Morgan fingerprint density at radius 1 is 1.07 bits per heavy atom. The van der Waals surface area contributed by atoms with E-state index in [0.29, 0.717) is 45.9 Å². The van der Waals surface area contributed by atoms with Gasteiger partial charge in [0.2, 0.25) is 0 Å². The molecule has 0 aromatic heterocycles. The molecule has 0 saturated heterocycles. The van der Waals surface area contributed by atoms with Gasteiger partial charge in [-0.3, -0.25) is 0 Å². The molecule has 4 atom stereocenters. The van der Waals surface area contributed by atoms with Gasteiger partial charge in [-0.1, -0.05) is 80.4 Å². The van der Waals surface area contributed by atoms with E-state index >= 15 is 0 Å². The van der Waals surface area contributed by atoms with Crippen molar-refractivity contribution in [3.05, 3.63) is 11.6 Å². The van der Waals surface area contributed by atoms with Crippen LogP contribution in [-0.4, -0.2) is 26.6 Å². The molecule has 0 aromatic rings. The van der Waals surface area contributed by atoms with E-state index in [1.807, 2.05) is 0 Å². The molecule has 0 unspecified atom stereocenters. The van der Waals surface area contributed by atoms with E-state index in [2.05, 4.69) is 68.4 Å². The summed E-state index contributed by atoms with van der Waals surface area (Å²) in [6, 6.07) is 0. The summed E-state index contributed by atoms with van der Waals surface area (Å²) in [4.78, 5) is 0. The van der Waals surface area contributed by atoms with Gasteiger partial charge in [-0.2, -0.15) is 0 Å². The smallest absolute Gasteiger partial charge is 0.200 e. The summed E-state index contributed by atoms with van der Waals surface area (Å²) in [5.74, 6) is 1.40. The van der Waals surface area contributed by atoms with Gasteiger partial charge in [0.25, 0.3) is 0 Å². The molecule has 1 N–H and O–H groups in total. The summed E-state index contributed by atoms with van der Waals surface area (Å²) < 4.78 is 7.01. The first-order valence-corrected chi connectivity index (χ1v) is 15.0. The van der Waals surface area contributed by atoms with E-state index in [0.717, 1.165) is 19.4 Å². The van der Waals surface area contributed by atoms with Crippen molar-refractivity contribution in [2.75, 3.05) is 13.2 Å². The quantitative estimate of drug-likeness (QED) is 0.277. The van der Waals surface area contributed by atoms with E-state index in [4.69, 9.17) is 4.43 Å². The number of aliphatic hydroxyl groups excluding tert-OH is 1. The van der Waals surface area contributed by atoms with Crippen LogP contribution in [-0.2, 0) is 4.43 Å². The molecule has 0 heterocycles. The molecule has 0 amide bonds. The second-order valence-corrected chi connectivity index (χ2v) is 17.5. The molecule has 30 heavy (non-hydrogen) atoms. The number of fused-ring (bicyclic) bond motifs is 1. The number of aliphatic hydroxyl groups is 1. The van der Waals surface area contributed by atoms with E-state index < -0.39 is 8.32 Å².